The van der Waals surface area contributed by atoms with Crippen molar-refractivity contribution < 1.29 is 13.3 Å². The summed E-state index contributed by atoms with van der Waals surface area (Å²) in [5, 5.41) is 3.58. The summed E-state index contributed by atoms with van der Waals surface area (Å²) in [5.74, 6) is 0.0895. The van der Waals surface area contributed by atoms with Crippen molar-refractivity contribution in [1.29, 1.82) is 0 Å². The largest absolute Gasteiger partial charge is 0.494 e. The van der Waals surface area contributed by atoms with E-state index in [0.717, 1.165) is 5.56 Å². The summed E-state index contributed by atoms with van der Waals surface area (Å²) in [6.07, 6.45) is 0. The van der Waals surface area contributed by atoms with E-state index < -0.39 is 16.8 Å². The molecule has 0 radical (unpaired) electrons. The second-order valence-corrected chi connectivity index (χ2v) is 7.89. The van der Waals surface area contributed by atoms with Crippen LogP contribution in [0.5, 0.6) is 5.75 Å². The number of anilines is 3. The first-order valence-corrected chi connectivity index (χ1v) is 10.1. The molecule has 1 heterocycles. The van der Waals surface area contributed by atoms with E-state index in [1.165, 1.54) is 42.0 Å². The fourth-order valence-electron chi connectivity index (χ4n) is 2.64. The first-order valence-electron chi connectivity index (χ1n) is 8.55. The maximum Gasteiger partial charge on any atom is 0.255 e. The van der Waals surface area contributed by atoms with Crippen LogP contribution in [0, 0.1) is 12.7 Å². The SMILES string of the molecule is COc1cc(=O)n(C)c(Nc2ccc(C)cc2Cl)c1NS(=O)c1ccc(F)cc1. The summed E-state index contributed by atoms with van der Waals surface area (Å²) < 4.78 is 35.5. The van der Waals surface area contributed by atoms with Gasteiger partial charge in [0.1, 0.15) is 28.3 Å². The molecule has 1 aromatic heterocycles. The molecule has 0 aliphatic heterocycles. The van der Waals surface area contributed by atoms with Crippen LogP contribution in [0.25, 0.3) is 0 Å². The molecule has 0 bridgehead atoms. The molecule has 1 unspecified atom stereocenters. The number of aromatic nitrogens is 1. The van der Waals surface area contributed by atoms with Crippen LogP contribution in [0.4, 0.5) is 21.6 Å². The standard InChI is InChI=1S/C20H19ClFN3O3S/c1-12-4-9-16(15(21)10-12)23-20-19(17(28-3)11-18(26)25(20)2)24-29(27)14-7-5-13(22)6-8-14/h4-11,23-24H,1-3H3. The highest BCUT2D eigenvalue weighted by atomic mass is 35.5. The maximum atomic E-state index is 13.2. The lowest BCUT2D eigenvalue weighted by Gasteiger charge is -2.20. The average molecular weight is 436 g/mol. The number of nitrogens with one attached hydrogen (secondary N) is 2. The monoisotopic (exact) mass is 435 g/mol. The van der Waals surface area contributed by atoms with Gasteiger partial charge in [-0.15, -0.1) is 0 Å². The summed E-state index contributed by atoms with van der Waals surface area (Å²) >= 11 is 6.32. The Morgan fingerprint density at radius 3 is 2.45 bits per heavy atom. The van der Waals surface area contributed by atoms with Crippen LogP contribution in [0.3, 0.4) is 0 Å². The Balaban J connectivity index is 2.07. The van der Waals surface area contributed by atoms with Crippen molar-refractivity contribution in [3.05, 3.63) is 75.3 Å². The summed E-state index contributed by atoms with van der Waals surface area (Å²) in [5.41, 5.74) is 1.52. The van der Waals surface area contributed by atoms with Crippen LogP contribution in [0.15, 0.2) is 58.2 Å². The van der Waals surface area contributed by atoms with E-state index in [1.54, 1.807) is 19.2 Å². The molecule has 0 spiro atoms. The van der Waals surface area contributed by atoms with Crippen molar-refractivity contribution in [1.82, 2.24) is 4.57 Å². The lowest BCUT2D eigenvalue weighted by Crippen LogP contribution is -2.22. The maximum absolute atomic E-state index is 13.2. The molecule has 2 N–H and O–H groups in total. The van der Waals surface area contributed by atoms with Crippen LogP contribution in [0.1, 0.15) is 5.56 Å². The molecule has 9 heteroatoms. The van der Waals surface area contributed by atoms with Gasteiger partial charge in [-0.05, 0) is 48.9 Å². The quantitative estimate of drug-likeness (QED) is 0.603. The third kappa shape index (κ3) is 4.60. The summed E-state index contributed by atoms with van der Waals surface area (Å²) in [6, 6.07) is 12.0. The van der Waals surface area contributed by atoms with Crippen LogP contribution < -0.4 is 20.3 Å². The average Bonchev–Trinajstić information content (AvgIpc) is 2.69. The van der Waals surface area contributed by atoms with Gasteiger partial charge < -0.3 is 10.1 Å². The number of aryl methyl sites for hydroxylation is 1. The van der Waals surface area contributed by atoms with Gasteiger partial charge >= 0.3 is 0 Å². The lowest BCUT2D eigenvalue weighted by atomic mass is 10.2. The smallest absolute Gasteiger partial charge is 0.255 e. The van der Waals surface area contributed by atoms with Crippen molar-refractivity contribution in [2.24, 2.45) is 7.05 Å². The van der Waals surface area contributed by atoms with E-state index in [4.69, 9.17) is 16.3 Å². The molecule has 6 nitrogen and oxygen atoms in total. The third-order valence-corrected chi connectivity index (χ3v) is 5.63. The molecule has 3 rings (SSSR count). The number of pyridine rings is 1. The van der Waals surface area contributed by atoms with E-state index in [-0.39, 0.29) is 11.3 Å². The van der Waals surface area contributed by atoms with Gasteiger partial charge in [-0.25, -0.2) is 8.60 Å². The van der Waals surface area contributed by atoms with Gasteiger partial charge in [0.25, 0.3) is 5.56 Å². The predicted octanol–water partition coefficient (Wildman–Crippen LogP) is 4.37. The molecular formula is C20H19ClFN3O3S. The zero-order valence-corrected chi connectivity index (χ0v) is 17.5. The van der Waals surface area contributed by atoms with Gasteiger partial charge in [-0.3, -0.25) is 14.1 Å². The van der Waals surface area contributed by atoms with Gasteiger partial charge in [0.05, 0.1) is 22.7 Å². The molecule has 2 aromatic carbocycles. The number of ether oxygens (including phenoxy) is 1. The van der Waals surface area contributed by atoms with Crippen molar-refractivity contribution in [3.63, 3.8) is 0 Å². The second-order valence-electron chi connectivity index (χ2n) is 6.27. The predicted molar refractivity (Wildman–Crippen MR) is 114 cm³/mol. The normalized spacial score (nSPS) is 11.8. The summed E-state index contributed by atoms with van der Waals surface area (Å²) in [7, 11) is 1.24. The Bertz CT molecular complexity index is 1130. The minimum Gasteiger partial charge on any atom is -0.494 e. The van der Waals surface area contributed by atoms with Crippen LogP contribution in [-0.4, -0.2) is 15.9 Å². The fourth-order valence-corrected chi connectivity index (χ4v) is 3.81. The van der Waals surface area contributed by atoms with E-state index in [0.29, 0.717) is 27.1 Å². The highest BCUT2D eigenvalue weighted by Crippen LogP contribution is 2.35. The molecule has 0 aliphatic rings. The molecule has 0 aliphatic carbocycles. The van der Waals surface area contributed by atoms with Crippen LogP contribution in [0.2, 0.25) is 5.02 Å². The highest BCUT2D eigenvalue weighted by molar-refractivity contribution is 7.86. The van der Waals surface area contributed by atoms with Crippen molar-refractivity contribution in [3.8, 4) is 5.75 Å². The van der Waals surface area contributed by atoms with E-state index in [1.807, 2.05) is 13.0 Å². The minimum atomic E-state index is -1.73. The van der Waals surface area contributed by atoms with Crippen LogP contribution >= 0.6 is 11.6 Å². The number of halogens is 2. The zero-order chi connectivity index (χ0) is 21.1. The Labute approximate surface area is 174 Å². The Hall–Kier alpha value is -2.84. The molecule has 3 aromatic rings. The molecule has 1 atom stereocenters. The molecule has 0 amide bonds. The number of rotatable bonds is 6. The number of hydrogen-bond acceptors (Lipinski definition) is 4. The van der Waals surface area contributed by atoms with Gasteiger partial charge in [0.2, 0.25) is 0 Å². The molecule has 0 fully saturated rings. The fraction of sp³-hybridized carbons (Fsp3) is 0.150. The highest BCUT2D eigenvalue weighted by Gasteiger charge is 2.18. The molecule has 152 valence electrons. The minimum absolute atomic E-state index is 0.203. The van der Waals surface area contributed by atoms with E-state index >= 15 is 0 Å². The second kappa shape index (κ2) is 8.67. The number of nitrogens with zero attached hydrogens (tertiary/aromatic N) is 1. The Morgan fingerprint density at radius 1 is 1.14 bits per heavy atom. The Morgan fingerprint density at radius 2 is 1.83 bits per heavy atom. The van der Waals surface area contributed by atoms with Crippen molar-refractivity contribution in [2.45, 2.75) is 11.8 Å². The summed E-state index contributed by atoms with van der Waals surface area (Å²) in [4.78, 5) is 12.7. The third-order valence-electron chi connectivity index (χ3n) is 4.22. The Kier molecular flexibility index (Phi) is 6.24. The van der Waals surface area contributed by atoms with Gasteiger partial charge in [0.15, 0.2) is 5.75 Å². The first-order chi connectivity index (χ1) is 13.8. The van der Waals surface area contributed by atoms with Gasteiger partial charge in [0, 0.05) is 13.1 Å². The number of methoxy groups -OCH3 is 1. The van der Waals surface area contributed by atoms with E-state index in [9.17, 15) is 13.4 Å². The van der Waals surface area contributed by atoms with Gasteiger partial charge in [-0.2, -0.15) is 0 Å². The lowest BCUT2D eigenvalue weighted by molar-refractivity contribution is 0.415. The number of benzene rings is 2. The molecular weight excluding hydrogens is 417 g/mol. The number of hydrogen-bond donors (Lipinski definition) is 2. The van der Waals surface area contributed by atoms with Gasteiger partial charge in [-0.1, -0.05) is 17.7 Å². The van der Waals surface area contributed by atoms with Crippen LogP contribution in [-0.2, 0) is 18.0 Å². The van der Waals surface area contributed by atoms with Crippen molar-refractivity contribution >= 4 is 39.8 Å². The molecule has 0 saturated heterocycles. The first kappa shape index (κ1) is 20.9. The summed E-state index contributed by atoms with van der Waals surface area (Å²) in [6.45, 7) is 1.91. The van der Waals surface area contributed by atoms with E-state index in [2.05, 4.69) is 10.0 Å². The molecule has 29 heavy (non-hydrogen) atoms. The topological polar surface area (TPSA) is 72.4 Å². The van der Waals surface area contributed by atoms with Crippen molar-refractivity contribution in [2.75, 3.05) is 17.1 Å². The molecule has 0 saturated carbocycles. The zero-order valence-electron chi connectivity index (χ0n) is 16.0.